The van der Waals surface area contributed by atoms with Gasteiger partial charge in [0.2, 0.25) is 12.6 Å². The van der Waals surface area contributed by atoms with E-state index in [1.165, 1.54) is 12.4 Å². The zero-order valence-corrected chi connectivity index (χ0v) is 15.8. The molecule has 0 unspecified atom stereocenters. The van der Waals surface area contributed by atoms with Gasteiger partial charge in [-0.15, -0.1) is 0 Å². The molecule has 1 aliphatic rings. The summed E-state index contributed by atoms with van der Waals surface area (Å²) in [5.74, 6) is 0.154. The van der Waals surface area contributed by atoms with E-state index in [0.717, 1.165) is 17.1 Å². The van der Waals surface area contributed by atoms with E-state index in [4.69, 9.17) is 19.9 Å². The maximum Gasteiger partial charge on any atom is 0.361 e. The Hall–Kier alpha value is -3.88. The summed E-state index contributed by atoms with van der Waals surface area (Å²) in [6, 6.07) is 7.32. The molecule has 1 aromatic carbocycles. The number of rotatable bonds is 5. The van der Waals surface area contributed by atoms with Gasteiger partial charge in [-0.05, 0) is 32.0 Å². The van der Waals surface area contributed by atoms with Gasteiger partial charge in [-0.1, -0.05) is 0 Å². The maximum absolute atomic E-state index is 12.7. The molecule has 3 heterocycles. The standard InChI is InChI=1S/C20H18N4O5/c1-11-7-14(15(25)9-27-20(26)18-19(21)23-6-5-22-18)12(2)24(11)13-3-4-16-17(8-13)29-10-28-16/h3-8H,9-10H2,1-2H3,(H2,21,23). The molecule has 0 fully saturated rings. The van der Waals surface area contributed by atoms with Crippen LogP contribution in [0.4, 0.5) is 5.82 Å². The molecule has 148 valence electrons. The van der Waals surface area contributed by atoms with E-state index in [-0.39, 0.29) is 24.1 Å². The Labute approximate surface area is 166 Å². The van der Waals surface area contributed by atoms with E-state index < -0.39 is 12.6 Å². The molecule has 0 bridgehead atoms. The molecule has 0 saturated heterocycles. The fraction of sp³-hybridized carbons (Fsp3) is 0.200. The van der Waals surface area contributed by atoms with Crippen LogP contribution < -0.4 is 15.2 Å². The lowest BCUT2D eigenvalue weighted by Gasteiger charge is -2.11. The highest BCUT2D eigenvalue weighted by Crippen LogP contribution is 2.34. The highest BCUT2D eigenvalue weighted by atomic mass is 16.7. The first-order valence-electron chi connectivity index (χ1n) is 8.81. The Morgan fingerprint density at radius 1 is 1.14 bits per heavy atom. The molecule has 2 aromatic heterocycles. The Morgan fingerprint density at radius 3 is 2.69 bits per heavy atom. The van der Waals surface area contributed by atoms with Gasteiger partial charge in [0.25, 0.3) is 0 Å². The van der Waals surface area contributed by atoms with Gasteiger partial charge in [-0.2, -0.15) is 0 Å². The van der Waals surface area contributed by atoms with Crippen molar-refractivity contribution >= 4 is 17.6 Å². The molecule has 1 aliphatic heterocycles. The van der Waals surface area contributed by atoms with Crippen molar-refractivity contribution in [3.63, 3.8) is 0 Å². The number of ketones is 1. The average Bonchev–Trinajstić information content (AvgIpc) is 3.29. The van der Waals surface area contributed by atoms with E-state index >= 15 is 0 Å². The minimum atomic E-state index is -0.798. The summed E-state index contributed by atoms with van der Waals surface area (Å²) in [7, 11) is 0. The van der Waals surface area contributed by atoms with E-state index in [9.17, 15) is 9.59 Å². The van der Waals surface area contributed by atoms with Gasteiger partial charge < -0.3 is 24.5 Å². The number of hydrogen-bond acceptors (Lipinski definition) is 8. The predicted molar refractivity (Wildman–Crippen MR) is 102 cm³/mol. The Bertz CT molecular complexity index is 1120. The van der Waals surface area contributed by atoms with Gasteiger partial charge in [-0.25, -0.2) is 14.8 Å². The summed E-state index contributed by atoms with van der Waals surface area (Å²) < 4.78 is 17.8. The number of ether oxygens (including phenoxy) is 3. The third-order valence-corrected chi connectivity index (χ3v) is 4.60. The number of anilines is 1. The number of fused-ring (bicyclic) bond motifs is 1. The quantitative estimate of drug-likeness (QED) is 0.517. The summed E-state index contributed by atoms with van der Waals surface area (Å²) in [6.07, 6.45) is 2.69. The van der Waals surface area contributed by atoms with Gasteiger partial charge in [0.1, 0.15) is 0 Å². The van der Waals surface area contributed by atoms with Crippen molar-refractivity contribution in [2.75, 3.05) is 19.1 Å². The molecule has 9 heteroatoms. The van der Waals surface area contributed by atoms with E-state index in [1.807, 2.05) is 36.6 Å². The molecular formula is C20H18N4O5. The molecule has 2 N–H and O–H groups in total. The van der Waals surface area contributed by atoms with E-state index in [2.05, 4.69) is 9.97 Å². The number of carbonyl (C=O) groups is 2. The lowest BCUT2D eigenvalue weighted by atomic mass is 10.1. The van der Waals surface area contributed by atoms with Gasteiger partial charge in [-0.3, -0.25) is 4.79 Å². The fourth-order valence-corrected chi connectivity index (χ4v) is 3.25. The van der Waals surface area contributed by atoms with E-state index in [0.29, 0.717) is 17.1 Å². The number of Topliss-reactive ketones (excluding diaryl/α,β-unsaturated/α-hetero) is 1. The van der Waals surface area contributed by atoms with Crippen molar-refractivity contribution in [1.29, 1.82) is 0 Å². The monoisotopic (exact) mass is 394 g/mol. The first-order chi connectivity index (χ1) is 14.0. The van der Waals surface area contributed by atoms with Crippen LogP contribution in [-0.4, -0.2) is 39.7 Å². The normalized spacial score (nSPS) is 12.1. The first-order valence-corrected chi connectivity index (χ1v) is 8.81. The molecule has 0 amide bonds. The number of aromatic nitrogens is 3. The number of aryl methyl sites for hydroxylation is 1. The highest BCUT2D eigenvalue weighted by Gasteiger charge is 2.21. The number of nitrogens with two attached hydrogens (primary N) is 1. The summed E-state index contributed by atoms with van der Waals surface area (Å²) in [5.41, 5.74) is 8.37. The Balaban J connectivity index is 1.54. The third-order valence-electron chi connectivity index (χ3n) is 4.60. The van der Waals surface area contributed by atoms with Crippen molar-refractivity contribution < 1.29 is 23.8 Å². The minimum absolute atomic E-state index is 0.0501. The van der Waals surface area contributed by atoms with Crippen LogP contribution in [0.1, 0.15) is 32.2 Å². The predicted octanol–water partition coefficient (Wildman–Crippen LogP) is 2.23. The molecule has 4 rings (SSSR count). The Kier molecular flexibility index (Phi) is 4.63. The molecule has 9 nitrogen and oxygen atoms in total. The second-order valence-corrected chi connectivity index (χ2v) is 6.45. The average molecular weight is 394 g/mol. The summed E-state index contributed by atoms with van der Waals surface area (Å²) in [5, 5.41) is 0. The number of hydrogen-bond donors (Lipinski definition) is 1. The second-order valence-electron chi connectivity index (χ2n) is 6.45. The maximum atomic E-state index is 12.7. The minimum Gasteiger partial charge on any atom is -0.454 e. The Morgan fingerprint density at radius 2 is 1.90 bits per heavy atom. The number of carbonyl (C=O) groups excluding carboxylic acids is 2. The number of esters is 1. The highest BCUT2D eigenvalue weighted by molar-refractivity contribution is 6.01. The smallest absolute Gasteiger partial charge is 0.361 e. The van der Waals surface area contributed by atoms with Crippen molar-refractivity contribution in [1.82, 2.24) is 14.5 Å². The van der Waals surface area contributed by atoms with E-state index in [1.54, 1.807) is 6.07 Å². The van der Waals surface area contributed by atoms with Crippen LogP contribution in [0.3, 0.4) is 0 Å². The SMILES string of the molecule is Cc1cc(C(=O)COC(=O)c2nccnc2N)c(C)n1-c1ccc2c(c1)OCO2. The first kappa shape index (κ1) is 18.5. The van der Waals surface area contributed by atoms with Crippen LogP contribution in [0.5, 0.6) is 11.5 Å². The van der Waals surface area contributed by atoms with Gasteiger partial charge in [0, 0.05) is 41.1 Å². The third kappa shape index (κ3) is 3.38. The second kappa shape index (κ2) is 7.27. The van der Waals surface area contributed by atoms with Crippen LogP contribution in [0, 0.1) is 13.8 Å². The van der Waals surface area contributed by atoms with Crippen LogP contribution >= 0.6 is 0 Å². The van der Waals surface area contributed by atoms with Crippen LogP contribution in [0.2, 0.25) is 0 Å². The number of nitrogens with zero attached hydrogens (tertiary/aromatic N) is 3. The molecule has 29 heavy (non-hydrogen) atoms. The summed E-state index contributed by atoms with van der Waals surface area (Å²) in [6.45, 7) is 3.47. The summed E-state index contributed by atoms with van der Waals surface area (Å²) in [4.78, 5) is 32.4. The van der Waals surface area contributed by atoms with Crippen LogP contribution in [0.15, 0.2) is 36.7 Å². The molecule has 0 spiro atoms. The lowest BCUT2D eigenvalue weighted by Crippen LogP contribution is -2.17. The molecule has 0 aliphatic carbocycles. The zero-order chi connectivity index (χ0) is 20.5. The van der Waals surface area contributed by atoms with Crippen molar-refractivity contribution in [2.45, 2.75) is 13.8 Å². The van der Waals surface area contributed by atoms with Crippen molar-refractivity contribution in [2.24, 2.45) is 0 Å². The summed E-state index contributed by atoms with van der Waals surface area (Å²) >= 11 is 0. The largest absolute Gasteiger partial charge is 0.454 e. The number of benzene rings is 1. The fourth-order valence-electron chi connectivity index (χ4n) is 3.25. The molecule has 0 atom stereocenters. The topological polar surface area (TPSA) is 119 Å². The van der Waals surface area contributed by atoms with Gasteiger partial charge in [0.15, 0.2) is 29.6 Å². The number of nitrogen functional groups attached to an aromatic ring is 1. The van der Waals surface area contributed by atoms with Crippen LogP contribution in [0.25, 0.3) is 5.69 Å². The molecule has 3 aromatic rings. The van der Waals surface area contributed by atoms with Crippen LogP contribution in [-0.2, 0) is 4.74 Å². The molecular weight excluding hydrogens is 376 g/mol. The van der Waals surface area contributed by atoms with Crippen molar-refractivity contribution in [3.05, 3.63) is 59.3 Å². The van der Waals surface area contributed by atoms with Gasteiger partial charge >= 0.3 is 5.97 Å². The lowest BCUT2D eigenvalue weighted by molar-refractivity contribution is 0.0469. The zero-order valence-electron chi connectivity index (χ0n) is 15.8. The molecule has 0 radical (unpaired) electrons. The van der Waals surface area contributed by atoms with Gasteiger partial charge in [0.05, 0.1) is 0 Å². The molecule has 0 saturated carbocycles. The van der Waals surface area contributed by atoms with Crippen molar-refractivity contribution in [3.8, 4) is 17.2 Å².